The third kappa shape index (κ3) is 5.60. The van der Waals surface area contributed by atoms with E-state index < -0.39 is 6.10 Å². The first kappa shape index (κ1) is 21.8. The van der Waals surface area contributed by atoms with Crippen LogP contribution in [0, 0.1) is 0 Å². The number of carbonyl (C=O) groups excluding carboxylic acids is 1. The van der Waals surface area contributed by atoms with Crippen LogP contribution < -0.4 is 5.43 Å². The molecule has 0 spiro atoms. The molecule has 0 aliphatic carbocycles. The van der Waals surface area contributed by atoms with Crippen LogP contribution in [0.2, 0.25) is 5.02 Å². The van der Waals surface area contributed by atoms with Crippen molar-refractivity contribution < 1.29 is 9.90 Å². The number of rotatable bonds is 7. The van der Waals surface area contributed by atoms with Gasteiger partial charge in [-0.1, -0.05) is 23.7 Å². The van der Waals surface area contributed by atoms with E-state index in [-0.39, 0.29) is 17.6 Å². The summed E-state index contributed by atoms with van der Waals surface area (Å²) in [6.45, 7) is 5.84. The number of halogens is 1. The Morgan fingerprint density at radius 3 is 2.47 bits per heavy atom. The molecule has 2 aromatic heterocycles. The number of benzene rings is 1. The Hall–Kier alpha value is -2.87. The number of hydrazine groups is 1. The second kappa shape index (κ2) is 9.75. The summed E-state index contributed by atoms with van der Waals surface area (Å²) in [6.07, 6.45) is 2.72. The topological polar surface area (TPSA) is 91.2 Å². The summed E-state index contributed by atoms with van der Waals surface area (Å²) in [4.78, 5) is 26.2. The summed E-state index contributed by atoms with van der Waals surface area (Å²) < 4.78 is 0. The number of aromatic nitrogens is 3. The second-order valence-corrected chi connectivity index (χ2v) is 7.68. The molecule has 0 aliphatic heterocycles. The zero-order chi connectivity index (χ0) is 21.7. The van der Waals surface area contributed by atoms with Gasteiger partial charge in [0.25, 0.3) is 5.91 Å². The molecular weight excluding hydrogens is 402 g/mol. The third-order valence-corrected chi connectivity index (χ3v) is 4.60. The van der Waals surface area contributed by atoms with Gasteiger partial charge < -0.3 is 5.11 Å². The van der Waals surface area contributed by atoms with Crippen LogP contribution in [0.3, 0.4) is 0 Å². The molecule has 3 aromatic rings. The molecule has 0 radical (unpaired) electrons. The van der Waals surface area contributed by atoms with E-state index in [2.05, 4.69) is 20.4 Å². The average molecular weight is 426 g/mol. The summed E-state index contributed by atoms with van der Waals surface area (Å²) in [5.41, 5.74) is 5.16. The highest BCUT2D eigenvalue weighted by Crippen LogP contribution is 2.23. The lowest BCUT2D eigenvalue weighted by atomic mass is 10.1. The zero-order valence-electron chi connectivity index (χ0n) is 17.1. The highest BCUT2D eigenvalue weighted by atomic mass is 35.5. The van der Waals surface area contributed by atoms with Crippen LogP contribution in [0.4, 0.5) is 0 Å². The number of amides is 1. The van der Waals surface area contributed by atoms with E-state index in [1.807, 2.05) is 32.0 Å². The number of aliphatic hydroxyl groups excluding tert-OH is 1. The van der Waals surface area contributed by atoms with E-state index in [1.165, 1.54) is 0 Å². The summed E-state index contributed by atoms with van der Waals surface area (Å²) in [5, 5.41) is 12.0. The van der Waals surface area contributed by atoms with Crippen molar-refractivity contribution in [2.45, 2.75) is 32.9 Å². The highest BCUT2D eigenvalue weighted by molar-refractivity contribution is 6.30. The first-order valence-electron chi connectivity index (χ1n) is 9.64. The molecule has 1 atom stereocenters. The van der Waals surface area contributed by atoms with Crippen molar-refractivity contribution in [3.05, 3.63) is 65.6 Å². The summed E-state index contributed by atoms with van der Waals surface area (Å²) in [5.74, 6) is 0.0134. The van der Waals surface area contributed by atoms with Gasteiger partial charge in [-0.2, -0.15) is 0 Å². The van der Waals surface area contributed by atoms with E-state index in [0.717, 1.165) is 5.56 Å². The lowest BCUT2D eigenvalue weighted by Gasteiger charge is -2.28. The van der Waals surface area contributed by atoms with Gasteiger partial charge in [-0.05, 0) is 51.1 Å². The van der Waals surface area contributed by atoms with Crippen LogP contribution in [0.5, 0.6) is 0 Å². The SMILES string of the molecule is CC(O)CN(NC(=O)c1cc(-c2ccc(Cl)cc2)nc(-c2cccnc2)n1)C(C)C. The Morgan fingerprint density at radius 2 is 1.87 bits per heavy atom. The minimum Gasteiger partial charge on any atom is -0.392 e. The Morgan fingerprint density at radius 1 is 1.13 bits per heavy atom. The monoisotopic (exact) mass is 425 g/mol. The van der Waals surface area contributed by atoms with Crippen molar-refractivity contribution in [1.82, 2.24) is 25.4 Å². The van der Waals surface area contributed by atoms with E-state index >= 15 is 0 Å². The molecular formula is C22H24ClN5O2. The minimum absolute atomic E-state index is 0.00100. The molecule has 7 nitrogen and oxygen atoms in total. The fourth-order valence-electron chi connectivity index (χ4n) is 2.81. The lowest BCUT2D eigenvalue weighted by Crippen LogP contribution is -2.49. The van der Waals surface area contributed by atoms with Gasteiger partial charge >= 0.3 is 0 Å². The average Bonchev–Trinajstić information content (AvgIpc) is 2.73. The lowest BCUT2D eigenvalue weighted by molar-refractivity contribution is 0.0522. The van der Waals surface area contributed by atoms with Crippen molar-refractivity contribution in [3.8, 4) is 22.6 Å². The number of hydrogen-bond donors (Lipinski definition) is 2. The predicted octanol–water partition coefficient (Wildman–Crippen LogP) is 3.60. The van der Waals surface area contributed by atoms with Gasteiger partial charge in [0.1, 0.15) is 5.69 Å². The smallest absolute Gasteiger partial charge is 0.284 e. The fourth-order valence-corrected chi connectivity index (χ4v) is 2.94. The minimum atomic E-state index is -0.589. The number of aliphatic hydroxyl groups is 1. The first-order chi connectivity index (χ1) is 14.3. The van der Waals surface area contributed by atoms with Crippen molar-refractivity contribution in [3.63, 3.8) is 0 Å². The normalized spacial score (nSPS) is 12.2. The van der Waals surface area contributed by atoms with Crippen LogP contribution in [0.15, 0.2) is 54.9 Å². The Labute approximate surface area is 180 Å². The largest absolute Gasteiger partial charge is 0.392 e. The van der Waals surface area contributed by atoms with Crippen LogP contribution in [0.25, 0.3) is 22.6 Å². The van der Waals surface area contributed by atoms with Crippen molar-refractivity contribution >= 4 is 17.5 Å². The molecule has 156 valence electrons. The molecule has 0 fully saturated rings. The van der Waals surface area contributed by atoms with Gasteiger partial charge in [0.2, 0.25) is 0 Å². The fraction of sp³-hybridized carbons (Fsp3) is 0.273. The molecule has 2 heterocycles. The molecule has 0 saturated heterocycles. The van der Waals surface area contributed by atoms with Crippen molar-refractivity contribution in [2.24, 2.45) is 0 Å². The molecule has 3 rings (SSSR count). The van der Waals surface area contributed by atoms with Crippen molar-refractivity contribution in [2.75, 3.05) is 6.54 Å². The quantitative estimate of drug-likeness (QED) is 0.562. The van der Waals surface area contributed by atoms with Crippen LogP contribution in [-0.2, 0) is 0 Å². The summed E-state index contributed by atoms with van der Waals surface area (Å²) in [6, 6.07) is 12.5. The maximum atomic E-state index is 13.0. The van der Waals surface area contributed by atoms with Gasteiger partial charge in [0, 0.05) is 41.1 Å². The molecule has 8 heteroatoms. The molecule has 30 heavy (non-hydrogen) atoms. The highest BCUT2D eigenvalue weighted by Gasteiger charge is 2.19. The van der Waals surface area contributed by atoms with E-state index in [1.54, 1.807) is 48.6 Å². The van der Waals surface area contributed by atoms with Gasteiger partial charge in [0.15, 0.2) is 5.82 Å². The zero-order valence-corrected chi connectivity index (χ0v) is 17.8. The molecule has 1 unspecified atom stereocenters. The second-order valence-electron chi connectivity index (χ2n) is 7.25. The maximum absolute atomic E-state index is 13.0. The van der Waals surface area contributed by atoms with E-state index in [0.29, 0.717) is 28.6 Å². The van der Waals surface area contributed by atoms with E-state index in [9.17, 15) is 9.90 Å². The Bertz CT molecular complexity index is 994. The number of carbonyl (C=O) groups is 1. The Kier molecular flexibility index (Phi) is 7.10. The molecule has 1 aromatic carbocycles. The number of hydrogen-bond acceptors (Lipinski definition) is 6. The van der Waals surface area contributed by atoms with Crippen LogP contribution >= 0.6 is 11.6 Å². The molecule has 1 amide bonds. The maximum Gasteiger partial charge on any atom is 0.284 e. The summed E-state index contributed by atoms with van der Waals surface area (Å²) in [7, 11) is 0. The van der Waals surface area contributed by atoms with Gasteiger partial charge in [0.05, 0.1) is 11.8 Å². The molecule has 0 saturated carbocycles. The third-order valence-electron chi connectivity index (χ3n) is 4.35. The Balaban J connectivity index is 2.01. The standard InChI is InChI=1S/C22H24ClN5O2/c1-14(2)28(13-15(3)29)27-22(30)20-11-19(16-6-8-18(23)9-7-16)25-21(26-20)17-5-4-10-24-12-17/h4-12,14-15,29H,13H2,1-3H3,(H,27,30). The molecule has 0 aliphatic rings. The summed E-state index contributed by atoms with van der Waals surface area (Å²) >= 11 is 6.01. The van der Waals surface area contributed by atoms with Gasteiger partial charge in [-0.25, -0.2) is 15.0 Å². The predicted molar refractivity (Wildman–Crippen MR) is 117 cm³/mol. The number of nitrogens with zero attached hydrogens (tertiary/aromatic N) is 4. The molecule has 2 N–H and O–H groups in total. The number of pyridine rings is 1. The van der Waals surface area contributed by atoms with Gasteiger partial charge in [-0.3, -0.25) is 15.2 Å². The van der Waals surface area contributed by atoms with Crippen LogP contribution in [-0.4, -0.2) is 49.7 Å². The van der Waals surface area contributed by atoms with E-state index in [4.69, 9.17) is 11.6 Å². The molecule has 0 bridgehead atoms. The first-order valence-corrected chi connectivity index (χ1v) is 10.0. The van der Waals surface area contributed by atoms with Gasteiger partial charge in [-0.15, -0.1) is 0 Å². The van der Waals surface area contributed by atoms with Crippen molar-refractivity contribution in [1.29, 1.82) is 0 Å². The van der Waals surface area contributed by atoms with Crippen LogP contribution in [0.1, 0.15) is 31.3 Å². The number of nitrogens with one attached hydrogen (secondary N) is 1.